The highest BCUT2D eigenvalue weighted by atomic mass is 16.5. The molecule has 6 heteroatoms. The van der Waals surface area contributed by atoms with Crippen molar-refractivity contribution in [2.75, 3.05) is 13.1 Å². The number of morpholine rings is 1. The first-order valence-corrected chi connectivity index (χ1v) is 10.5. The lowest BCUT2D eigenvalue weighted by Crippen LogP contribution is -2.67. The highest BCUT2D eigenvalue weighted by molar-refractivity contribution is 5.98. The number of carbonyl (C=O) groups excluding carboxylic acids is 2. The highest BCUT2D eigenvalue weighted by Gasteiger charge is 2.57. The number of hydrogen-bond donors (Lipinski definition) is 1. The van der Waals surface area contributed by atoms with E-state index in [0.717, 1.165) is 19.3 Å². The summed E-state index contributed by atoms with van der Waals surface area (Å²) in [6, 6.07) is 7.42. The van der Waals surface area contributed by atoms with Crippen LogP contribution in [0.3, 0.4) is 0 Å². The van der Waals surface area contributed by atoms with Crippen LogP contribution >= 0.6 is 0 Å². The Morgan fingerprint density at radius 2 is 1.93 bits per heavy atom. The molecule has 1 N–H and O–H groups in total. The van der Waals surface area contributed by atoms with Crippen molar-refractivity contribution in [2.45, 2.75) is 57.5 Å². The van der Waals surface area contributed by atoms with E-state index >= 15 is 0 Å². The third kappa shape index (κ3) is 2.81. The molecular weight excluding hydrogens is 356 g/mol. The fourth-order valence-corrected chi connectivity index (χ4v) is 5.85. The van der Waals surface area contributed by atoms with Crippen molar-refractivity contribution in [1.82, 2.24) is 10.2 Å². The molecule has 2 bridgehead atoms. The van der Waals surface area contributed by atoms with Gasteiger partial charge in [-0.2, -0.15) is 0 Å². The van der Waals surface area contributed by atoms with E-state index < -0.39 is 5.72 Å². The number of hydrogen-bond acceptors (Lipinski definition) is 4. The second-order valence-corrected chi connectivity index (χ2v) is 9.02. The van der Waals surface area contributed by atoms with Crippen molar-refractivity contribution in [2.24, 2.45) is 17.8 Å². The van der Waals surface area contributed by atoms with E-state index in [-0.39, 0.29) is 41.8 Å². The molecule has 5 aliphatic rings. The fraction of sp³-hybridized carbons (Fsp3) is 0.636. The topological polar surface area (TPSA) is 67.9 Å². The number of carbonyl (C=O) groups is 2. The van der Waals surface area contributed by atoms with E-state index in [0.29, 0.717) is 30.8 Å². The number of benzene rings is 1. The van der Waals surface area contributed by atoms with Crippen LogP contribution in [0, 0.1) is 17.8 Å². The van der Waals surface area contributed by atoms with E-state index in [1.54, 1.807) is 6.07 Å². The van der Waals surface area contributed by atoms with Crippen LogP contribution in [-0.2, 0) is 9.53 Å². The van der Waals surface area contributed by atoms with Gasteiger partial charge in [0.25, 0.3) is 5.91 Å². The quantitative estimate of drug-likeness (QED) is 0.808. The lowest BCUT2D eigenvalue weighted by molar-refractivity contribution is -0.164. The molecule has 0 unspecified atom stereocenters. The monoisotopic (exact) mass is 384 g/mol. The van der Waals surface area contributed by atoms with Gasteiger partial charge in [-0.05, 0) is 51.2 Å². The number of amides is 2. The van der Waals surface area contributed by atoms with Gasteiger partial charge in [0, 0.05) is 31.3 Å². The minimum absolute atomic E-state index is 0.0274. The van der Waals surface area contributed by atoms with Gasteiger partial charge in [0.15, 0.2) is 5.72 Å². The summed E-state index contributed by atoms with van der Waals surface area (Å²) in [7, 11) is 0. The van der Waals surface area contributed by atoms with E-state index in [9.17, 15) is 9.59 Å². The Morgan fingerprint density at radius 1 is 1.18 bits per heavy atom. The van der Waals surface area contributed by atoms with Gasteiger partial charge in [-0.25, -0.2) is 0 Å². The number of nitrogens with zero attached hydrogens (tertiary/aromatic N) is 1. The van der Waals surface area contributed by atoms with Crippen molar-refractivity contribution < 1.29 is 19.1 Å². The minimum Gasteiger partial charge on any atom is -0.467 e. The van der Waals surface area contributed by atoms with E-state index in [1.165, 1.54) is 0 Å². The molecule has 0 aromatic heterocycles. The Hall–Kier alpha value is -2.08. The van der Waals surface area contributed by atoms with Gasteiger partial charge in [0.2, 0.25) is 5.91 Å². The molecule has 2 amide bonds. The number of para-hydroxylation sites is 1. The normalized spacial score (nSPS) is 39.3. The molecule has 1 aromatic rings. The van der Waals surface area contributed by atoms with Crippen LogP contribution in [-0.4, -0.2) is 47.7 Å². The average Bonchev–Trinajstić information content (AvgIpc) is 2.67. The van der Waals surface area contributed by atoms with Gasteiger partial charge in [-0.15, -0.1) is 0 Å². The standard InChI is InChI=1S/C22H28N2O4/c1-13-11-24(12-14(2)27-13)21(26)18-9-16-8-7-15(18)10-22(16)23-20(25)17-5-3-4-6-19(17)28-22/h3-6,13-16,18H,7-12H2,1-2H3,(H,23,25)/t13-,14+,15-,16+,18+,22-/m0/s1. The number of fused-ring (bicyclic) bond motifs is 3. The van der Waals surface area contributed by atoms with Crippen molar-refractivity contribution in [1.29, 1.82) is 0 Å². The van der Waals surface area contributed by atoms with Crippen LogP contribution in [0.4, 0.5) is 0 Å². The first kappa shape index (κ1) is 18.0. The Balaban J connectivity index is 1.36. The smallest absolute Gasteiger partial charge is 0.258 e. The van der Waals surface area contributed by atoms with Crippen LogP contribution < -0.4 is 10.1 Å². The number of ether oxygens (including phenoxy) is 2. The molecule has 2 heterocycles. The van der Waals surface area contributed by atoms with Gasteiger partial charge in [-0.3, -0.25) is 9.59 Å². The van der Waals surface area contributed by atoms with Crippen molar-refractivity contribution in [3.05, 3.63) is 29.8 Å². The molecule has 3 aliphatic carbocycles. The zero-order valence-corrected chi connectivity index (χ0v) is 16.5. The van der Waals surface area contributed by atoms with Crippen LogP contribution in [0.5, 0.6) is 5.75 Å². The molecule has 150 valence electrons. The lowest BCUT2D eigenvalue weighted by Gasteiger charge is -2.55. The molecule has 1 saturated heterocycles. The maximum Gasteiger partial charge on any atom is 0.258 e. The second kappa shape index (κ2) is 6.48. The first-order chi connectivity index (χ1) is 13.4. The number of nitrogens with one attached hydrogen (secondary N) is 1. The van der Waals surface area contributed by atoms with Crippen LogP contribution in [0.15, 0.2) is 24.3 Å². The maximum absolute atomic E-state index is 13.3. The van der Waals surface area contributed by atoms with Crippen molar-refractivity contribution in [3.8, 4) is 5.75 Å². The van der Waals surface area contributed by atoms with E-state index in [4.69, 9.17) is 9.47 Å². The molecule has 6 atom stereocenters. The van der Waals surface area contributed by atoms with Crippen molar-refractivity contribution >= 4 is 11.8 Å². The molecule has 3 saturated carbocycles. The van der Waals surface area contributed by atoms with Crippen LogP contribution in [0.1, 0.15) is 49.9 Å². The molecule has 1 aromatic carbocycles. The molecule has 0 radical (unpaired) electrons. The Morgan fingerprint density at radius 3 is 2.64 bits per heavy atom. The lowest BCUT2D eigenvalue weighted by atomic mass is 9.59. The van der Waals surface area contributed by atoms with Gasteiger partial charge in [0.05, 0.1) is 17.8 Å². The van der Waals surface area contributed by atoms with Gasteiger partial charge in [-0.1, -0.05) is 12.1 Å². The summed E-state index contributed by atoms with van der Waals surface area (Å²) in [5.41, 5.74) is -0.0602. The van der Waals surface area contributed by atoms with Gasteiger partial charge >= 0.3 is 0 Å². The van der Waals surface area contributed by atoms with Gasteiger partial charge < -0.3 is 19.7 Å². The summed E-state index contributed by atoms with van der Waals surface area (Å²) in [5.74, 6) is 1.30. The molecule has 4 fully saturated rings. The number of rotatable bonds is 1. The Labute approximate surface area is 165 Å². The van der Waals surface area contributed by atoms with E-state index in [1.807, 2.05) is 36.9 Å². The van der Waals surface area contributed by atoms with E-state index in [2.05, 4.69) is 5.32 Å². The van der Waals surface area contributed by atoms with Gasteiger partial charge in [0.1, 0.15) is 5.75 Å². The molecule has 6 rings (SSSR count). The SMILES string of the molecule is C[C@@H]1CN(C(=O)[C@@H]2C[C@H]3CC[C@H]2C[C@@]32NC(=O)c3ccccc3O2)C[C@H](C)O1. The maximum atomic E-state index is 13.3. The van der Waals surface area contributed by atoms with Crippen molar-refractivity contribution in [3.63, 3.8) is 0 Å². The Kier molecular flexibility index (Phi) is 4.16. The molecule has 1 spiro atoms. The second-order valence-electron chi connectivity index (χ2n) is 9.02. The summed E-state index contributed by atoms with van der Waals surface area (Å²) in [6.45, 7) is 5.40. The van der Waals surface area contributed by atoms with Crippen LogP contribution in [0.2, 0.25) is 0 Å². The zero-order valence-electron chi connectivity index (χ0n) is 16.5. The molecular formula is C22H28N2O4. The zero-order chi connectivity index (χ0) is 19.5. The summed E-state index contributed by atoms with van der Waals surface area (Å²) >= 11 is 0. The summed E-state index contributed by atoms with van der Waals surface area (Å²) < 4.78 is 12.2. The summed E-state index contributed by atoms with van der Waals surface area (Å²) in [5, 5.41) is 3.17. The minimum atomic E-state index is -0.656. The molecule has 2 aliphatic heterocycles. The third-order valence-corrected chi connectivity index (χ3v) is 7.02. The molecule has 28 heavy (non-hydrogen) atoms. The third-order valence-electron chi connectivity index (χ3n) is 7.02. The molecule has 6 nitrogen and oxygen atoms in total. The first-order valence-electron chi connectivity index (χ1n) is 10.5. The summed E-state index contributed by atoms with van der Waals surface area (Å²) in [6.07, 6.45) is 3.68. The van der Waals surface area contributed by atoms with Crippen LogP contribution in [0.25, 0.3) is 0 Å². The predicted octanol–water partition coefficient (Wildman–Crippen LogP) is 2.58. The average molecular weight is 384 g/mol. The predicted molar refractivity (Wildman–Crippen MR) is 103 cm³/mol. The fourth-order valence-electron chi connectivity index (χ4n) is 5.85. The largest absolute Gasteiger partial charge is 0.467 e. The highest BCUT2D eigenvalue weighted by Crippen LogP contribution is 2.52. The Bertz CT molecular complexity index is 801. The summed E-state index contributed by atoms with van der Waals surface area (Å²) in [4.78, 5) is 28.0.